The van der Waals surface area contributed by atoms with Gasteiger partial charge in [-0.25, -0.2) is 4.68 Å². The number of aryl methyl sites for hydroxylation is 1. The second-order valence-corrected chi connectivity index (χ2v) is 7.72. The van der Waals surface area contributed by atoms with Gasteiger partial charge in [0.15, 0.2) is 5.16 Å². The molecule has 0 fully saturated rings. The van der Waals surface area contributed by atoms with Crippen molar-refractivity contribution in [2.24, 2.45) is 7.05 Å². The maximum absolute atomic E-state index is 12.4. The van der Waals surface area contributed by atoms with Crippen molar-refractivity contribution in [3.8, 4) is 0 Å². The number of carbonyl (C=O) groups excluding carboxylic acids is 2. The van der Waals surface area contributed by atoms with E-state index in [0.717, 1.165) is 15.4 Å². The number of aromatic nitrogens is 6. The number of hydrogen-bond acceptors (Lipinski definition) is 8. The summed E-state index contributed by atoms with van der Waals surface area (Å²) in [5.74, 6) is -0.420. The van der Waals surface area contributed by atoms with E-state index < -0.39 is 17.4 Å². The monoisotopic (exact) mass is 450 g/mol. The van der Waals surface area contributed by atoms with Crippen LogP contribution in [0.4, 0.5) is 0 Å². The first-order valence-electron chi connectivity index (χ1n) is 9.49. The Kier molecular flexibility index (Phi) is 6.22. The number of thioether (sulfide) groups is 1. The number of nitrogens with one attached hydrogen (secondary N) is 2. The number of rotatable bonds is 6. The minimum Gasteiger partial charge on any atom is -0.312 e. The minimum atomic E-state index is -0.610. The summed E-state index contributed by atoms with van der Waals surface area (Å²) in [7, 11) is 1.87. The Balaban J connectivity index is 1.30. The maximum atomic E-state index is 12.4. The van der Waals surface area contributed by atoms with Gasteiger partial charge in [-0.05, 0) is 29.8 Å². The molecule has 162 valence electrons. The summed E-state index contributed by atoms with van der Waals surface area (Å²) in [4.78, 5) is 36.8. The van der Waals surface area contributed by atoms with E-state index in [-0.39, 0.29) is 6.54 Å². The number of hydrogen-bond donors (Lipinski definition) is 2. The molecule has 2 heterocycles. The molecule has 0 atom stereocenters. The van der Waals surface area contributed by atoms with Crippen molar-refractivity contribution in [3.05, 3.63) is 76.3 Å². The molecule has 0 saturated heterocycles. The summed E-state index contributed by atoms with van der Waals surface area (Å²) >= 11 is 1.53. The van der Waals surface area contributed by atoms with Gasteiger partial charge in [0.25, 0.3) is 17.4 Å². The van der Waals surface area contributed by atoms with Gasteiger partial charge in [-0.3, -0.25) is 25.2 Å². The lowest BCUT2D eigenvalue weighted by Crippen LogP contribution is -2.44. The molecule has 0 aliphatic heterocycles. The number of fused-ring (bicyclic) bond motifs is 1. The van der Waals surface area contributed by atoms with Crippen LogP contribution in [0.5, 0.6) is 0 Å². The molecular weight excluding hydrogens is 432 g/mol. The van der Waals surface area contributed by atoms with Crippen molar-refractivity contribution in [2.45, 2.75) is 17.5 Å². The molecule has 0 saturated carbocycles. The number of benzene rings is 2. The van der Waals surface area contributed by atoms with E-state index in [1.54, 1.807) is 42.7 Å². The third kappa shape index (κ3) is 4.81. The normalized spacial score (nSPS) is 10.8. The fourth-order valence-corrected chi connectivity index (χ4v) is 3.65. The quantitative estimate of drug-likeness (QED) is 0.323. The smallest absolute Gasteiger partial charge is 0.278 e. The van der Waals surface area contributed by atoms with E-state index in [1.807, 2.05) is 23.7 Å². The molecule has 0 radical (unpaired) electrons. The van der Waals surface area contributed by atoms with E-state index in [9.17, 15) is 14.4 Å². The van der Waals surface area contributed by atoms with Gasteiger partial charge < -0.3 is 4.57 Å². The second-order valence-electron chi connectivity index (χ2n) is 6.78. The largest absolute Gasteiger partial charge is 0.312 e. The Labute approximate surface area is 185 Å². The van der Waals surface area contributed by atoms with E-state index >= 15 is 0 Å². The summed E-state index contributed by atoms with van der Waals surface area (Å²) in [6.07, 6.45) is 1.63. The molecule has 0 spiro atoms. The molecule has 4 aromatic rings. The third-order valence-corrected chi connectivity index (χ3v) is 5.60. The molecular formula is C20H18N8O3S. The zero-order valence-corrected chi connectivity index (χ0v) is 17.7. The molecule has 0 bridgehead atoms. The average molecular weight is 450 g/mol. The Bertz CT molecular complexity index is 1330. The first kappa shape index (κ1) is 21.2. The molecule has 2 aromatic carbocycles. The van der Waals surface area contributed by atoms with Crippen LogP contribution in [0.3, 0.4) is 0 Å². The predicted molar refractivity (Wildman–Crippen MR) is 116 cm³/mol. The highest BCUT2D eigenvalue weighted by molar-refractivity contribution is 7.98. The van der Waals surface area contributed by atoms with Gasteiger partial charge in [-0.15, -0.1) is 15.3 Å². The maximum Gasteiger partial charge on any atom is 0.278 e. The molecule has 32 heavy (non-hydrogen) atoms. The van der Waals surface area contributed by atoms with Gasteiger partial charge in [0.2, 0.25) is 0 Å². The first-order chi connectivity index (χ1) is 15.5. The summed E-state index contributed by atoms with van der Waals surface area (Å²) in [6.45, 7) is -0.380. The van der Waals surface area contributed by atoms with Crippen molar-refractivity contribution in [3.63, 3.8) is 0 Å². The molecule has 2 aromatic heterocycles. The lowest BCUT2D eigenvalue weighted by molar-refractivity contribution is -0.122. The SMILES string of the molecule is Cn1cnnc1SCc1ccc(C(=O)NNC(=O)Cn2nnc3ccccc3c2=O)cc1. The molecule has 0 unspecified atom stereocenters. The lowest BCUT2D eigenvalue weighted by atomic mass is 10.1. The van der Waals surface area contributed by atoms with Crippen LogP contribution >= 0.6 is 11.8 Å². The molecule has 4 rings (SSSR count). The summed E-state index contributed by atoms with van der Waals surface area (Å²) in [6, 6.07) is 13.7. The Morgan fingerprint density at radius 3 is 2.56 bits per heavy atom. The molecule has 0 aliphatic carbocycles. The molecule has 2 N–H and O–H groups in total. The third-order valence-electron chi connectivity index (χ3n) is 4.49. The zero-order chi connectivity index (χ0) is 22.5. The lowest BCUT2D eigenvalue weighted by Gasteiger charge is -2.09. The molecule has 0 aliphatic rings. The van der Waals surface area contributed by atoms with Crippen LogP contribution in [0.25, 0.3) is 10.9 Å². The van der Waals surface area contributed by atoms with Gasteiger partial charge in [0, 0.05) is 18.4 Å². The van der Waals surface area contributed by atoms with Crippen molar-refractivity contribution < 1.29 is 9.59 Å². The highest BCUT2D eigenvalue weighted by Gasteiger charge is 2.11. The van der Waals surface area contributed by atoms with Crippen LogP contribution in [0.1, 0.15) is 15.9 Å². The molecule has 12 heteroatoms. The Morgan fingerprint density at radius 1 is 1.03 bits per heavy atom. The average Bonchev–Trinajstić information content (AvgIpc) is 3.23. The highest BCUT2D eigenvalue weighted by Crippen LogP contribution is 2.20. The number of amides is 2. The molecule has 11 nitrogen and oxygen atoms in total. The Morgan fingerprint density at radius 2 is 1.81 bits per heavy atom. The van der Waals surface area contributed by atoms with Crippen LogP contribution in [-0.2, 0) is 24.1 Å². The highest BCUT2D eigenvalue weighted by atomic mass is 32.2. The van der Waals surface area contributed by atoms with E-state index in [0.29, 0.717) is 22.2 Å². The zero-order valence-electron chi connectivity index (χ0n) is 16.9. The Hall–Kier alpha value is -4.06. The topological polar surface area (TPSA) is 137 Å². The van der Waals surface area contributed by atoms with Gasteiger partial charge in [-0.1, -0.05) is 41.2 Å². The van der Waals surface area contributed by atoms with Gasteiger partial charge in [0.05, 0.1) is 5.39 Å². The van der Waals surface area contributed by atoms with Crippen LogP contribution in [0, 0.1) is 0 Å². The van der Waals surface area contributed by atoms with Gasteiger partial charge >= 0.3 is 0 Å². The van der Waals surface area contributed by atoms with Crippen molar-refractivity contribution in [2.75, 3.05) is 0 Å². The van der Waals surface area contributed by atoms with Crippen molar-refractivity contribution in [1.29, 1.82) is 0 Å². The van der Waals surface area contributed by atoms with E-state index in [4.69, 9.17) is 0 Å². The minimum absolute atomic E-state index is 0.358. The fourth-order valence-electron chi connectivity index (χ4n) is 2.80. The summed E-state index contributed by atoms with van der Waals surface area (Å²) in [5, 5.41) is 16.7. The van der Waals surface area contributed by atoms with Crippen LogP contribution in [0.15, 0.2) is 64.8 Å². The van der Waals surface area contributed by atoms with Crippen LogP contribution < -0.4 is 16.4 Å². The van der Waals surface area contributed by atoms with Crippen LogP contribution in [-0.4, -0.2) is 41.6 Å². The van der Waals surface area contributed by atoms with Gasteiger partial charge in [-0.2, -0.15) is 0 Å². The second kappa shape index (κ2) is 9.39. The first-order valence-corrected chi connectivity index (χ1v) is 10.5. The van der Waals surface area contributed by atoms with Gasteiger partial charge in [0.1, 0.15) is 18.4 Å². The number of carbonyl (C=O) groups is 2. The van der Waals surface area contributed by atoms with Crippen molar-refractivity contribution >= 4 is 34.5 Å². The van der Waals surface area contributed by atoms with Crippen molar-refractivity contribution in [1.82, 2.24) is 40.6 Å². The van der Waals surface area contributed by atoms with E-state index in [1.165, 1.54) is 11.8 Å². The number of hydrazine groups is 1. The summed E-state index contributed by atoms with van der Waals surface area (Å²) in [5.41, 5.74) is 6.00. The standard InChI is InChI=1S/C20H18N8O3S/c1-27-12-21-25-20(27)32-11-13-6-8-14(9-7-13)18(30)24-23-17(29)10-28-19(31)15-4-2-3-5-16(15)22-26-28/h2-9,12H,10-11H2,1H3,(H,23,29)(H,24,30). The predicted octanol–water partition coefficient (Wildman–Crippen LogP) is 0.673. The van der Waals surface area contributed by atoms with Crippen LogP contribution in [0.2, 0.25) is 0 Å². The fraction of sp³-hybridized carbons (Fsp3) is 0.150. The van der Waals surface area contributed by atoms with E-state index in [2.05, 4.69) is 31.4 Å². The summed E-state index contributed by atoms with van der Waals surface area (Å²) < 4.78 is 2.76. The number of nitrogens with zero attached hydrogens (tertiary/aromatic N) is 6. The molecule has 2 amide bonds.